The minimum atomic E-state index is -0.283. The van der Waals surface area contributed by atoms with E-state index in [0.717, 1.165) is 18.7 Å². The van der Waals surface area contributed by atoms with E-state index in [1.165, 1.54) is 144 Å². The third-order valence-corrected chi connectivity index (χ3v) is 19.1. The summed E-state index contributed by atoms with van der Waals surface area (Å²) in [5.41, 5.74) is 27.2. The zero-order chi connectivity index (χ0) is 48.2. The van der Waals surface area contributed by atoms with E-state index in [-0.39, 0.29) is 27.1 Å². The molecular formula is C66H61BN2S. The number of hydrogen-bond acceptors (Lipinski definition) is 2. The fourth-order valence-electron chi connectivity index (χ4n) is 14.0. The van der Waals surface area contributed by atoms with Crippen molar-refractivity contribution in [1.29, 1.82) is 0 Å². The molecule has 0 bridgehead atoms. The van der Waals surface area contributed by atoms with Gasteiger partial charge in [-0.25, -0.2) is 0 Å². The van der Waals surface area contributed by atoms with Crippen molar-refractivity contribution in [2.45, 2.75) is 116 Å². The molecule has 4 heteroatoms. The highest BCUT2D eigenvalue weighted by Crippen LogP contribution is 2.59. The van der Waals surface area contributed by atoms with E-state index in [0.29, 0.717) is 0 Å². The van der Waals surface area contributed by atoms with E-state index in [4.69, 9.17) is 0 Å². The molecule has 0 spiro atoms. The summed E-state index contributed by atoms with van der Waals surface area (Å²) in [6.45, 7) is 26.7. The smallest absolute Gasteiger partial charge is 0.198 e. The zero-order valence-corrected chi connectivity index (χ0v) is 43.5. The molecule has 3 heterocycles. The van der Waals surface area contributed by atoms with Crippen LogP contribution in [0.25, 0.3) is 81.0 Å². The lowest BCUT2D eigenvalue weighted by Crippen LogP contribution is -2.39. The van der Waals surface area contributed by atoms with Crippen LogP contribution in [0.2, 0.25) is 0 Å². The number of rotatable bonds is 3. The Labute approximate surface area is 418 Å². The Morgan fingerprint density at radius 3 is 1.93 bits per heavy atom. The lowest BCUT2D eigenvalue weighted by molar-refractivity contribution is 0.332. The normalized spacial score (nSPS) is 17.2. The van der Waals surface area contributed by atoms with Crippen molar-refractivity contribution in [3.8, 4) is 39.1 Å². The first-order valence-electron chi connectivity index (χ1n) is 25.8. The maximum Gasteiger partial charge on any atom is 0.198 e. The van der Waals surface area contributed by atoms with Crippen LogP contribution >= 0.6 is 11.3 Å². The topological polar surface area (TPSA) is 17.0 Å². The summed E-state index contributed by atoms with van der Waals surface area (Å²) in [4.78, 5) is 0. The van der Waals surface area contributed by atoms with Gasteiger partial charge in [0.25, 0.3) is 0 Å². The Hall–Kier alpha value is -6.36. The number of nitrogens with one attached hydrogen (secondary N) is 1. The molecule has 344 valence electrons. The third-order valence-electron chi connectivity index (χ3n) is 18.0. The van der Waals surface area contributed by atoms with Crippen LogP contribution in [0.5, 0.6) is 0 Å². The number of thiophene rings is 1. The molecule has 4 aliphatic rings. The van der Waals surface area contributed by atoms with E-state index in [9.17, 15) is 0 Å². The molecule has 1 N–H and O–H groups in total. The average Bonchev–Trinajstić information content (AvgIpc) is 4.00. The zero-order valence-electron chi connectivity index (χ0n) is 42.7. The van der Waals surface area contributed by atoms with Crippen LogP contribution in [0.15, 0.2) is 133 Å². The lowest BCUT2D eigenvalue weighted by atomic mass is 9.56. The van der Waals surface area contributed by atoms with Gasteiger partial charge in [-0.3, -0.25) is 0 Å². The number of fused-ring (bicyclic) bond motifs is 16. The Balaban J connectivity index is 1.17. The highest BCUT2D eigenvalue weighted by molar-refractivity contribution is 7.25. The molecule has 2 nitrogen and oxygen atoms in total. The minimum Gasteiger partial charge on any atom is -0.355 e. The van der Waals surface area contributed by atoms with Crippen LogP contribution in [-0.2, 0) is 27.1 Å². The van der Waals surface area contributed by atoms with Crippen LogP contribution in [0.1, 0.15) is 128 Å². The standard InChI is InChI=1S/C66H61BN2S/c1-62(2,3)36-24-26-37(27-25-36)68-51-35-55-42(39-19-14-17-23-54(39)70-55)30-43(51)58-59-56(40-20-13-16-22-46(40)66(59,10)11)57-44-31-48-49(64(6,7)29-28-63(48,4)5)34-52(44)69-53-32-41-38-18-12-15-21-45(38)65(8,9)47(41)33-50(53)67-60(58)61(57)69/h12-27,30-35,67-68H,28-29H2,1-11H3. The van der Waals surface area contributed by atoms with Crippen LogP contribution in [0.4, 0.5) is 11.4 Å². The summed E-state index contributed by atoms with van der Waals surface area (Å²) in [7, 11) is 0.843. The molecule has 8 aromatic carbocycles. The van der Waals surface area contributed by atoms with Crippen molar-refractivity contribution in [3.05, 3.63) is 172 Å². The Morgan fingerprint density at radius 1 is 0.543 bits per heavy atom. The highest BCUT2D eigenvalue weighted by Gasteiger charge is 2.45. The first kappa shape index (κ1) is 42.5. The summed E-state index contributed by atoms with van der Waals surface area (Å²) in [5, 5.41) is 9.57. The maximum absolute atomic E-state index is 4.11. The summed E-state index contributed by atoms with van der Waals surface area (Å²) in [6, 6.07) is 52.4. The predicted molar refractivity (Wildman–Crippen MR) is 304 cm³/mol. The second-order valence-corrected chi connectivity index (χ2v) is 25.9. The molecule has 2 aromatic heterocycles. The van der Waals surface area contributed by atoms with Crippen LogP contribution < -0.4 is 16.2 Å². The molecule has 14 rings (SSSR count). The van der Waals surface area contributed by atoms with Crippen molar-refractivity contribution in [1.82, 2.24) is 4.57 Å². The molecule has 0 amide bonds. The monoisotopic (exact) mass is 924 g/mol. The van der Waals surface area contributed by atoms with Crippen LogP contribution in [0.3, 0.4) is 0 Å². The molecule has 3 aliphatic carbocycles. The van der Waals surface area contributed by atoms with Crippen molar-refractivity contribution in [2.24, 2.45) is 0 Å². The molecule has 0 atom stereocenters. The van der Waals surface area contributed by atoms with E-state index in [1.807, 2.05) is 11.3 Å². The van der Waals surface area contributed by atoms with Gasteiger partial charge >= 0.3 is 0 Å². The fraction of sp³-hybridized carbons (Fsp3) is 0.273. The largest absolute Gasteiger partial charge is 0.355 e. The second kappa shape index (κ2) is 13.7. The van der Waals surface area contributed by atoms with Gasteiger partial charge in [0.05, 0.1) is 5.52 Å². The second-order valence-electron chi connectivity index (χ2n) is 24.8. The van der Waals surface area contributed by atoms with E-state index in [2.05, 4.69) is 220 Å². The van der Waals surface area contributed by atoms with Gasteiger partial charge in [0, 0.05) is 69.9 Å². The van der Waals surface area contributed by atoms with Crippen molar-refractivity contribution >= 4 is 82.9 Å². The number of benzene rings is 8. The summed E-state index contributed by atoms with van der Waals surface area (Å²) in [6.07, 6.45) is 2.36. The van der Waals surface area contributed by atoms with Crippen molar-refractivity contribution in [2.75, 3.05) is 5.32 Å². The Bertz CT molecular complexity index is 3970. The maximum atomic E-state index is 4.11. The van der Waals surface area contributed by atoms with Crippen LogP contribution in [0, 0.1) is 0 Å². The molecule has 70 heavy (non-hydrogen) atoms. The molecule has 1 aliphatic heterocycles. The molecule has 10 aromatic rings. The predicted octanol–water partition coefficient (Wildman–Crippen LogP) is 16.5. The fourth-order valence-corrected chi connectivity index (χ4v) is 15.1. The molecule has 0 saturated heterocycles. The van der Waals surface area contributed by atoms with Gasteiger partial charge in [-0.2, -0.15) is 0 Å². The van der Waals surface area contributed by atoms with E-state index >= 15 is 0 Å². The van der Waals surface area contributed by atoms with Crippen molar-refractivity contribution in [3.63, 3.8) is 0 Å². The number of anilines is 2. The van der Waals surface area contributed by atoms with Crippen LogP contribution in [-0.4, -0.2) is 11.8 Å². The van der Waals surface area contributed by atoms with Crippen molar-refractivity contribution < 1.29 is 0 Å². The van der Waals surface area contributed by atoms with E-state index in [1.54, 1.807) is 0 Å². The highest BCUT2D eigenvalue weighted by atomic mass is 32.1. The first-order valence-corrected chi connectivity index (χ1v) is 26.6. The summed E-state index contributed by atoms with van der Waals surface area (Å²) >= 11 is 1.90. The quantitative estimate of drug-likeness (QED) is 0.175. The van der Waals surface area contributed by atoms with Gasteiger partial charge in [0.1, 0.15) is 0 Å². The Morgan fingerprint density at radius 2 is 1.20 bits per heavy atom. The molecule has 0 saturated carbocycles. The molecule has 0 unspecified atom stereocenters. The number of aromatic nitrogens is 1. The Kier molecular flexibility index (Phi) is 8.34. The third kappa shape index (κ3) is 5.58. The average molecular weight is 925 g/mol. The first-order chi connectivity index (χ1) is 33.3. The van der Waals surface area contributed by atoms with Gasteiger partial charge in [0.15, 0.2) is 7.28 Å². The molecule has 0 radical (unpaired) electrons. The number of nitrogens with zero attached hydrogens (tertiary/aromatic N) is 1. The van der Waals surface area contributed by atoms with Gasteiger partial charge < -0.3 is 9.88 Å². The number of hydrogen-bond donors (Lipinski definition) is 1. The van der Waals surface area contributed by atoms with Gasteiger partial charge in [-0.1, -0.05) is 167 Å². The SMILES string of the molecule is CC(C)(C)c1ccc(Nc2cc3sc4ccccc4c3cc2-c2c3c(c4c5cc6c(cc5n5c4c2Bc2cc4c(cc2-5)-c2ccccc2C4(C)C)C(C)(C)CCC6(C)C)-c2ccccc2C3(C)C)cc1. The molecular weight excluding hydrogens is 864 g/mol. The van der Waals surface area contributed by atoms with E-state index < -0.39 is 0 Å². The minimum absolute atomic E-state index is 0.0586. The molecule has 0 fully saturated rings. The lowest BCUT2D eigenvalue weighted by Gasteiger charge is -2.42. The summed E-state index contributed by atoms with van der Waals surface area (Å²) < 4.78 is 5.39. The summed E-state index contributed by atoms with van der Waals surface area (Å²) in [5.74, 6) is 0. The van der Waals surface area contributed by atoms with Gasteiger partial charge in [0.2, 0.25) is 0 Å². The van der Waals surface area contributed by atoms with Gasteiger partial charge in [-0.05, 0) is 150 Å². The van der Waals surface area contributed by atoms with Gasteiger partial charge in [-0.15, -0.1) is 11.3 Å².